The van der Waals surface area contributed by atoms with Crippen molar-refractivity contribution >= 4 is 0 Å². The minimum Gasteiger partial charge on any atom is -0.508 e. The first kappa shape index (κ1) is 14.9. The van der Waals surface area contributed by atoms with Crippen molar-refractivity contribution in [3.05, 3.63) is 59.7 Å². The van der Waals surface area contributed by atoms with Gasteiger partial charge in [0, 0.05) is 6.54 Å². The van der Waals surface area contributed by atoms with Crippen molar-refractivity contribution in [2.45, 2.75) is 19.3 Å². The molecule has 3 heteroatoms. The van der Waals surface area contributed by atoms with Crippen LogP contribution in [0.15, 0.2) is 48.5 Å². The molecule has 0 bridgehead atoms. The Morgan fingerprint density at radius 1 is 0.864 bits per heavy atom. The number of rotatable bonds is 6. The molecule has 0 spiro atoms. The van der Waals surface area contributed by atoms with Gasteiger partial charge in [-0.2, -0.15) is 0 Å². The third kappa shape index (κ3) is 4.25. The predicted octanol–water partition coefficient (Wildman–Crippen LogP) is 3.46. The van der Waals surface area contributed by atoms with Gasteiger partial charge in [-0.15, -0.1) is 0 Å². The van der Waals surface area contributed by atoms with Gasteiger partial charge in [-0.05, 0) is 67.7 Å². The van der Waals surface area contributed by atoms with Gasteiger partial charge < -0.3 is 9.84 Å². The van der Waals surface area contributed by atoms with E-state index >= 15 is 0 Å². The smallest absolute Gasteiger partial charge is 0.119 e. The van der Waals surface area contributed by atoms with Gasteiger partial charge in [-0.1, -0.05) is 24.3 Å². The van der Waals surface area contributed by atoms with Crippen LogP contribution in [0.3, 0.4) is 0 Å². The quantitative estimate of drug-likeness (QED) is 0.886. The van der Waals surface area contributed by atoms with Gasteiger partial charge >= 0.3 is 0 Å². The fourth-order valence-corrected chi connectivity index (χ4v) is 2.85. The average Bonchev–Trinajstić information content (AvgIpc) is 3.05. The Morgan fingerprint density at radius 2 is 1.45 bits per heavy atom. The molecular weight excluding hydrogens is 274 g/mol. The standard InChI is InChI=1S/C19H23NO2/c21-18-7-3-16(4-8-18)15-17-5-9-19(10-6-17)22-14-13-20-11-1-2-12-20/h3-10,21H,1-2,11-15H2. The molecule has 0 unspecified atom stereocenters. The molecule has 1 heterocycles. The number of phenols is 1. The van der Waals surface area contributed by atoms with Gasteiger partial charge in [0.25, 0.3) is 0 Å². The number of likely N-dealkylation sites (tertiary alicyclic amines) is 1. The molecule has 0 aromatic heterocycles. The molecule has 0 aliphatic carbocycles. The van der Waals surface area contributed by atoms with E-state index in [1.807, 2.05) is 24.3 Å². The maximum atomic E-state index is 9.30. The second-order valence-electron chi connectivity index (χ2n) is 5.88. The van der Waals surface area contributed by atoms with Crippen LogP contribution in [0.5, 0.6) is 11.5 Å². The van der Waals surface area contributed by atoms with Crippen LogP contribution in [0.2, 0.25) is 0 Å². The number of hydrogen-bond acceptors (Lipinski definition) is 3. The van der Waals surface area contributed by atoms with Crippen molar-refractivity contribution in [3.8, 4) is 11.5 Å². The Morgan fingerprint density at radius 3 is 2.09 bits per heavy atom. The molecule has 116 valence electrons. The molecule has 3 rings (SSSR count). The van der Waals surface area contributed by atoms with E-state index in [4.69, 9.17) is 4.74 Å². The number of phenolic OH excluding ortho intramolecular Hbond substituents is 1. The molecule has 3 nitrogen and oxygen atoms in total. The minimum absolute atomic E-state index is 0.311. The van der Waals surface area contributed by atoms with Gasteiger partial charge in [-0.25, -0.2) is 0 Å². The summed E-state index contributed by atoms with van der Waals surface area (Å²) < 4.78 is 5.81. The third-order valence-corrected chi connectivity index (χ3v) is 4.14. The molecule has 0 radical (unpaired) electrons. The lowest BCUT2D eigenvalue weighted by Gasteiger charge is -2.15. The first-order valence-corrected chi connectivity index (χ1v) is 8.01. The van der Waals surface area contributed by atoms with E-state index in [9.17, 15) is 5.11 Å². The molecule has 1 saturated heterocycles. The second kappa shape index (κ2) is 7.32. The summed E-state index contributed by atoms with van der Waals surface area (Å²) in [7, 11) is 0. The van der Waals surface area contributed by atoms with Gasteiger partial charge in [0.1, 0.15) is 18.1 Å². The zero-order chi connectivity index (χ0) is 15.2. The van der Waals surface area contributed by atoms with E-state index in [2.05, 4.69) is 17.0 Å². The highest BCUT2D eigenvalue weighted by molar-refractivity contribution is 5.33. The first-order chi connectivity index (χ1) is 10.8. The molecule has 2 aromatic carbocycles. The van der Waals surface area contributed by atoms with Crippen LogP contribution < -0.4 is 4.74 Å². The van der Waals surface area contributed by atoms with Gasteiger partial charge in [0.05, 0.1) is 0 Å². The van der Waals surface area contributed by atoms with Crippen molar-refractivity contribution in [2.75, 3.05) is 26.2 Å². The largest absolute Gasteiger partial charge is 0.508 e. The van der Waals surface area contributed by atoms with Crippen molar-refractivity contribution in [3.63, 3.8) is 0 Å². The summed E-state index contributed by atoms with van der Waals surface area (Å²) in [5.74, 6) is 1.25. The molecule has 1 N–H and O–H groups in total. The SMILES string of the molecule is Oc1ccc(Cc2ccc(OCCN3CCCC3)cc2)cc1. The Hall–Kier alpha value is -2.00. The van der Waals surface area contributed by atoms with Crippen molar-refractivity contribution in [2.24, 2.45) is 0 Å². The van der Waals surface area contributed by atoms with Crippen LogP contribution in [-0.4, -0.2) is 36.2 Å². The van der Waals surface area contributed by atoms with Gasteiger partial charge in [0.2, 0.25) is 0 Å². The topological polar surface area (TPSA) is 32.7 Å². The Balaban J connectivity index is 1.48. The Kier molecular flexibility index (Phi) is 4.96. The maximum Gasteiger partial charge on any atom is 0.119 e. The lowest BCUT2D eigenvalue weighted by Crippen LogP contribution is -2.25. The molecule has 0 amide bonds. The number of nitrogens with zero attached hydrogens (tertiary/aromatic N) is 1. The Labute approximate surface area is 132 Å². The molecule has 1 aliphatic heterocycles. The molecule has 1 fully saturated rings. The fourth-order valence-electron chi connectivity index (χ4n) is 2.85. The molecule has 22 heavy (non-hydrogen) atoms. The number of benzene rings is 2. The summed E-state index contributed by atoms with van der Waals surface area (Å²) in [5, 5.41) is 9.30. The lowest BCUT2D eigenvalue weighted by atomic mass is 10.0. The van der Waals surface area contributed by atoms with Crippen molar-refractivity contribution in [1.29, 1.82) is 0 Å². The minimum atomic E-state index is 0.311. The van der Waals surface area contributed by atoms with E-state index in [1.165, 1.54) is 37.1 Å². The van der Waals surface area contributed by atoms with Crippen molar-refractivity contribution in [1.82, 2.24) is 4.90 Å². The average molecular weight is 297 g/mol. The zero-order valence-electron chi connectivity index (χ0n) is 12.9. The second-order valence-corrected chi connectivity index (χ2v) is 5.88. The van der Waals surface area contributed by atoms with Gasteiger partial charge in [0.15, 0.2) is 0 Å². The summed E-state index contributed by atoms with van der Waals surface area (Å²) >= 11 is 0. The highest BCUT2D eigenvalue weighted by atomic mass is 16.5. The van der Waals surface area contributed by atoms with Gasteiger partial charge in [-0.3, -0.25) is 4.90 Å². The molecule has 0 saturated carbocycles. The van der Waals surface area contributed by atoms with Crippen LogP contribution in [0, 0.1) is 0 Å². The summed E-state index contributed by atoms with van der Waals surface area (Å²) in [4.78, 5) is 2.46. The van der Waals surface area contributed by atoms with E-state index in [-0.39, 0.29) is 0 Å². The highest BCUT2D eigenvalue weighted by Crippen LogP contribution is 2.17. The van der Waals surface area contributed by atoms with Crippen LogP contribution in [0.25, 0.3) is 0 Å². The van der Waals surface area contributed by atoms with E-state index in [1.54, 1.807) is 12.1 Å². The van der Waals surface area contributed by atoms with Crippen LogP contribution in [0.4, 0.5) is 0 Å². The summed E-state index contributed by atoms with van der Waals surface area (Å²) in [5.41, 5.74) is 2.44. The highest BCUT2D eigenvalue weighted by Gasteiger charge is 2.10. The van der Waals surface area contributed by atoms with Crippen molar-refractivity contribution < 1.29 is 9.84 Å². The third-order valence-electron chi connectivity index (χ3n) is 4.14. The predicted molar refractivity (Wildman–Crippen MR) is 88.5 cm³/mol. The number of hydrogen-bond donors (Lipinski definition) is 1. The fraction of sp³-hybridized carbons (Fsp3) is 0.368. The first-order valence-electron chi connectivity index (χ1n) is 8.01. The number of ether oxygens (including phenoxy) is 1. The number of aromatic hydroxyl groups is 1. The Bertz CT molecular complexity index is 571. The summed E-state index contributed by atoms with van der Waals surface area (Å²) in [6.45, 7) is 4.22. The summed E-state index contributed by atoms with van der Waals surface area (Å²) in [6, 6.07) is 15.7. The van der Waals surface area contributed by atoms with E-state index in [0.29, 0.717) is 5.75 Å². The monoisotopic (exact) mass is 297 g/mol. The molecular formula is C19H23NO2. The molecule has 2 aromatic rings. The molecule has 1 aliphatic rings. The zero-order valence-corrected chi connectivity index (χ0v) is 12.9. The normalized spacial score (nSPS) is 15.1. The van der Waals surface area contributed by atoms with Crippen LogP contribution in [-0.2, 0) is 6.42 Å². The van der Waals surface area contributed by atoms with Crippen LogP contribution in [0.1, 0.15) is 24.0 Å². The van der Waals surface area contributed by atoms with E-state index < -0.39 is 0 Å². The summed E-state index contributed by atoms with van der Waals surface area (Å²) in [6.07, 6.45) is 3.52. The van der Waals surface area contributed by atoms with E-state index in [0.717, 1.165) is 25.3 Å². The lowest BCUT2D eigenvalue weighted by molar-refractivity contribution is 0.238. The van der Waals surface area contributed by atoms with Crippen LogP contribution >= 0.6 is 0 Å². The molecule has 0 atom stereocenters. The maximum absolute atomic E-state index is 9.30.